The fourth-order valence-corrected chi connectivity index (χ4v) is 1.31. The van der Waals surface area contributed by atoms with E-state index in [-0.39, 0.29) is 0 Å². The van der Waals surface area contributed by atoms with Crippen molar-refractivity contribution in [3.63, 3.8) is 0 Å². The van der Waals surface area contributed by atoms with E-state index in [1.54, 1.807) is 6.20 Å². The van der Waals surface area contributed by atoms with Crippen LogP contribution in [0.5, 0.6) is 0 Å². The number of hydrogen-bond donors (Lipinski definition) is 0. The average Bonchev–Trinajstić information content (AvgIpc) is 2.26. The van der Waals surface area contributed by atoms with E-state index in [1.165, 1.54) is 6.20 Å². The van der Waals surface area contributed by atoms with Gasteiger partial charge in [-0.05, 0) is 12.8 Å². The molecule has 0 saturated heterocycles. The van der Waals surface area contributed by atoms with Gasteiger partial charge in [0.25, 0.3) is 0 Å². The summed E-state index contributed by atoms with van der Waals surface area (Å²) in [4.78, 5) is 10.2. The highest BCUT2D eigenvalue weighted by atomic mass is 15.2. The molecule has 15 heavy (non-hydrogen) atoms. The van der Waals surface area contributed by atoms with Crippen LogP contribution in [0, 0.1) is 17.2 Å². The Bertz CT molecular complexity index is 367. The highest BCUT2D eigenvalue weighted by Gasteiger charge is 2.17. The second-order valence-corrected chi connectivity index (χ2v) is 3.94. The molecule has 1 rings (SSSR count). The number of nitrogens with zero attached hydrogens (tertiary/aromatic N) is 4. The smallest absolute Gasteiger partial charge is 0.183 e. The van der Waals surface area contributed by atoms with E-state index in [2.05, 4.69) is 36.8 Å². The summed E-state index contributed by atoms with van der Waals surface area (Å²) in [6, 6.07) is 2.38. The van der Waals surface area contributed by atoms with Crippen molar-refractivity contribution in [1.82, 2.24) is 9.97 Å². The van der Waals surface area contributed by atoms with Crippen molar-refractivity contribution in [2.75, 3.05) is 11.9 Å². The molecule has 1 aromatic heterocycles. The van der Waals surface area contributed by atoms with Gasteiger partial charge in [-0.2, -0.15) is 5.26 Å². The van der Waals surface area contributed by atoms with Crippen LogP contribution in [0.3, 0.4) is 0 Å². The van der Waals surface area contributed by atoms with Crippen LogP contribution in [-0.4, -0.2) is 23.1 Å². The summed E-state index contributed by atoms with van der Waals surface area (Å²) in [5.74, 6) is 1.16. The second kappa shape index (κ2) is 4.74. The van der Waals surface area contributed by atoms with Crippen molar-refractivity contribution < 1.29 is 0 Å². The van der Waals surface area contributed by atoms with Gasteiger partial charge in [0.05, 0.1) is 0 Å². The lowest BCUT2D eigenvalue weighted by Crippen LogP contribution is -2.34. The molecule has 1 aromatic rings. The maximum absolute atomic E-state index is 8.91. The first-order chi connectivity index (χ1) is 7.07. The summed E-state index contributed by atoms with van der Waals surface area (Å²) >= 11 is 0. The molecule has 0 bridgehead atoms. The molecule has 1 atom stereocenters. The van der Waals surface area contributed by atoms with E-state index in [1.807, 2.05) is 11.9 Å². The SMILES string of the molecule is CC(C)C(C)N(C)c1nccnc1C#N. The molecule has 0 aliphatic carbocycles. The summed E-state index contributed by atoms with van der Waals surface area (Å²) in [6.45, 7) is 6.40. The van der Waals surface area contributed by atoms with Gasteiger partial charge in [-0.1, -0.05) is 13.8 Å². The molecule has 4 nitrogen and oxygen atoms in total. The Morgan fingerprint density at radius 1 is 1.27 bits per heavy atom. The molecule has 0 radical (unpaired) electrons. The third kappa shape index (κ3) is 2.44. The van der Waals surface area contributed by atoms with Crippen molar-refractivity contribution in [3.8, 4) is 6.07 Å². The number of aromatic nitrogens is 2. The number of rotatable bonds is 3. The molecule has 0 fully saturated rings. The van der Waals surface area contributed by atoms with Gasteiger partial charge in [0.15, 0.2) is 11.5 Å². The largest absolute Gasteiger partial charge is 0.354 e. The van der Waals surface area contributed by atoms with Crippen molar-refractivity contribution in [2.24, 2.45) is 5.92 Å². The molecular formula is C11H16N4. The lowest BCUT2D eigenvalue weighted by Gasteiger charge is -2.28. The summed E-state index contributed by atoms with van der Waals surface area (Å²) in [6.07, 6.45) is 3.15. The third-order valence-electron chi connectivity index (χ3n) is 2.69. The van der Waals surface area contributed by atoms with E-state index < -0.39 is 0 Å². The zero-order valence-electron chi connectivity index (χ0n) is 9.60. The topological polar surface area (TPSA) is 52.8 Å². The maximum Gasteiger partial charge on any atom is 0.183 e. The second-order valence-electron chi connectivity index (χ2n) is 3.94. The quantitative estimate of drug-likeness (QED) is 0.753. The van der Waals surface area contributed by atoms with E-state index >= 15 is 0 Å². The highest BCUT2D eigenvalue weighted by Crippen LogP contribution is 2.18. The summed E-state index contributed by atoms with van der Waals surface area (Å²) in [5, 5.41) is 8.91. The first kappa shape index (κ1) is 11.4. The van der Waals surface area contributed by atoms with Crippen LogP contribution in [0.15, 0.2) is 12.4 Å². The lowest BCUT2D eigenvalue weighted by molar-refractivity contribution is 0.502. The van der Waals surface area contributed by atoms with Crippen LogP contribution in [0.4, 0.5) is 5.82 Å². The fourth-order valence-electron chi connectivity index (χ4n) is 1.31. The van der Waals surface area contributed by atoms with Crippen molar-refractivity contribution in [2.45, 2.75) is 26.8 Å². The molecule has 0 N–H and O–H groups in total. The molecule has 1 heterocycles. The Labute approximate surface area is 90.6 Å². The predicted octanol–water partition coefficient (Wildman–Crippen LogP) is 1.83. The van der Waals surface area contributed by atoms with Gasteiger partial charge < -0.3 is 4.90 Å². The van der Waals surface area contributed by atoms with E-state index in [4.69, 9.17) is 5.26 Å². The van der Waals surface area contributed by atoms with Gasteiger partial charge in [0.1, 0.15) is 6.07 Å². The van der Waals surface area contributed by atoms with Crippen LogP contribution < -0.4 is 4.90 Å². The van der Waals surface area contributed by atoms with E-state index in [9.17, 15) is 0 Å². The molecule has 0 aliphatic heterocycles. The molecule has 0 aliphatic rings. The van der Waals surface area contributed by atoms with Gasteiger partial charge in [0, 0.05) is 25.5 Å². The Hall–Kier alpha value is -1.63. The minimum Gasteiger partial charge on any atom is -0.354 e. The zero-order chi connectivity index (χ0) is 11.4. The van der Waals surface area contributed by atoms with E-state index in [0.717, 1.165) is 0 Å². The van der Waals surface area contributed by atoms with Crippen LogP contribution >= 0.6 is 0 Å². The summed E-state index contributed by atoms with van der Waals surface area (Å²) in [7, 11) is 1.94. The molecule has 0 aromatic carbocycles. The molecule has 0 spiro atoms. The number of nitriles is 1. The molecule has 0 amide bonds. The minimum absolute atomic E-state index is 0.328. The van der Waals surface area contributed by atoms with Gasteiger partial charge in [0.2, 0.25) is 0 Å². The minimum atomic E-state index is 0.328. The van der Waals surface area contributed by atoms with Gasteiger partial charge in [-0.3, -0.25) is 0 Å². The normalized spacial score (nSPS) is 12.3. The molecule has 80 valence electrons. The standard InChI is InChI=1S/C11H16N4/c1-8(2)9(3)15(4)11-10(7-12)13-5-6-14-11/h5-6,8-9H,1-4H3. The summed E-state index contributed by atoms with van der Waals surface area (Å²) in [5.41, 5.74) is 0.382. The van der Waals surface area contributed by atoms with Gasteiger partial charge in [-0.25, -0.2) is 9.97 Å². The monoisotopic (exact) mass is 204 g/mol. The van der Waals surface area contributed by atoms with Crippen molar-refractivity contribution in [1.29, 1.82) is 5.26 Å². The maximum atomic E-state index is 8.91. The molecule has 0 saturated carbocycles. The molecule has 4 heteroatoms. The highest BCUT2D eigenvalue weighted by molar-refractivity contribution is 5.49. The average molecular weight is 204 g/mol. The Balaban J connectivity index is 3.01. The molecular weight excluding hydrogens is 188 g/mol. The Morgan fingerprint density at radius 3 is 2.40 bits per heavy atom. The van der Waals surface area contributed by atoms with Gasteiger partial charge >= 0.3 is 0 Å². The Kier molecular flexibility index (Phi) is 3.62. The van der Waals surface area contributed by atoms with Crippen LogP contribution in [0.2, 0.25) is 0 Å². The Morgan fingerprint density at radius 2 is 1.87 bits per heavy atom. The molecule has 1 unspecified atom stereocenters. The number of anilines is 1. The van der Waals surface area contributed by atoms with Crippen LogP contribution in [0.1, 0.15) is 26.5 Å². The fraction of sp³-hybridized carbons (Fsp3) is 0.545. The predicted molar refractivity (Wildman–Crippen MR) is 59.5 cm³/mol. The first-order valence-corrected chi connectivity index (χ1v) is 5.01. The summed E-state index contributed by atoms with van der Waals surface area (Å²) < 4.78 is 0. The zero-order valence-corrected chi connectivity index (χ0v) is 9.60. The third-order valence-corrected chi connectivity index (χ3v) is 2.69. The van der Waals surface area contributed by atoms with Gasteiger partial charge in [-0.15, -0.1) is 0 Å². The van der Waals surface area contributed by atoms with Crippen LogP contribution in [0.25, 0.3) is 0 Å². The van der Waals surface area contributed by atoms with Crippen molar-refractivity contribution in [3.05, 3.63) is 18.1 Å². The van der Waals surface area contributed by atoms with Crippen molar-refractivity contribution >= 4 is 5.82 Å². The van der Waals surface area contributed by atoms with Crippen LogP contribution in [-0.2, 0) is 0 Å². The first-order valence-electron chi connectivity index (χ1n) is 5.01. The lowest BCUT2D eigenvalue weighted by atomic mass is 10.1. The van der Waals surface area contributed by atoms with E-state index in [0.29, 0.717) is 23.5 Å². The number of hydrogen-bond acceptors (Lipinski definition) is 4.